The van der Waals surface area contributed by atoms with Crippen molar-refractivity contribution in [3.63, 3.8) is 0 Å². The van der Waals surface area contributed by atoms with E-state index in [-0.39, 0.29) is 24.0 Å². The zero-order valence-corrected chi connectivity index (χ0v) is 18.4. The zero-order chi connectivity index (χ0) is 18.4. The van der Waals surface area contributed by atoms with E-state index in [2.05, 4.69) is 33.7 Å². The highest BCUT2D eigenvalue weighted by Crippen LogP contribution is 2.32. The number of hydrogen-bond donors (Lipinski definition) is 2. The van der Waals surface area contributed by atoms with Crippen LogP contribution in [0.1, 0.15) is 24.2 Å². The molecule has 0 saturated carbocycles. The first-order valence-corrected chi connectivity index (χ1v) is 9.04. The van der Waals surface area contributed by atoms with E-state index >= 15 is 0 Å². The van der Waals surface area contributed by atoms with Crippen molar-refractivity contribution in [2.24, 2.45) is 4.99 Å². The number of ether oxygens (including phenoxy) is 2. The molecule has 0 spiro atoms. The summed E-state index contributed by atoms with van der Waals surface area (Å²) in [4.78, 5) is 4.28. The second kappa shape index (κ2) is 10.4. The molecule has 2 heterocycles. The molecule has 0 bridgehead atoms. The fourth-order valence-electron chi connectivity index (χ4n) is 2.89. The Hall–Kier alpha value is -1.97. The van der Waals surface area contributed by atoms with Crippen LogP contribution in [0.15, 0.2) is 29.3 Å². The minimum atomic E-state index is 0. The molecule has 8 heteroatoms. The summed E-state index contributed by atoms with van der Waals surface area (Å²) in [5.74, 6) is 2.29. The summed E-state index contributed by atoms with van der Waals surface area (Å²) in [7, 11) is 1.76. The maximum absolute atomic E-state index is 5.73. The smallest absolute Gasteiger partial charge is 0.195 e. The van der Waals surface area contributed by atoms with Gasteiger partial charge in [-0.1, -0.05) is 0 Å². The van der Waals surface area contributed by atoms with E-state index in [9.17, 15) is 0 Å². The molecule has 0 saturated heterocycles. The van der Waals surface area contributed by atoms with Gasteiger partial charge in [0, 0.05) is 44.0 Å². The van der Waals surface area contributed by atoms with Crippen molar-refractivity contribution >= 4 is 35.6 Å². The lowest BCUT2D eigenvalue weighted by Gasteiger charge is -2.14. The van der Waals surface area contributed by atoms with Crippen LogP contribution in [0.2, 0.25) is 0 Å². The number of nitrogens with one attached hydrogen (secondary N) is 2. The first-order valence-electron chi connectivity index (χ1n) is 9.04. The molecule has 1 aromatic heterocycles. The average Bonchev–Trinajstić information content (AvgIpc) is 2.83. The molecule has 1 aliphatic rings. The summed E-state index contributed by atoms with van der Waals surface area (Å²) in [5.41, 5.74) is 3.17. The molecule has 0 atom stereocenters. The van der Waals surface area contributed by atoms with E-state index in [4.69, 9.17) is 9.47 Å². The number of halogens is 1. The fourth-order valence-corrected chi connectivity index (χ4v) is 2.89. The topological polar surface area (TPSA) is 72.7 Å². The molecule has 1 aliphatic heterocycles. The Kier molecular flexibility index (Phi) is 8.21. The number of aryl methyl sites for hydroxylation is 3. The van der Waals surface area contributed by atoms with Crippen LogP contribution in [-0.4, -0.2) is 42.5 Å². The second-order valence-electron chi connectivity index (χ2n) is 6.34. The number of aromatic nitrogens is 2. The number of nitrogens with zero attached hydrogens (tertiary/aromatic N) is 3. The highest BCUT2D eigenvalue weighted by molar-refractivity contribution is 14.0. The first kappa shape index (κ1) is 21.3. The minimum Gasteiger partial charge on any atom is -0.490 e. The minimum absolute atomic E-state index is 0. The Labute approximate surface area is 177 Å². The second-order valence-corrected chi connectivity index (χ2v) is 6.34. The number of anilines is 1. The highest BCUT2D eigenvalue weighted by atomic mass is 127. The van der Waals surface area contributed by atoms with Crippen LogP contribution in [0, 0.1) is 13.8 Å². The molecule has 0 unspecified atom stereocenters. The average molecular weight is 485 g/mol. The summed E-state index contributed by atoms with van der Waals surface area (Å²) in [6, 6.07) is 7.94. The van der Waals surface area contributed by atoms with Crippen molar-refractivity contribution < 1.29 is 9.47 Å². The predicted molar refractivity (Wildman–Crippen MR) is 119 cm³/mol. The van der Waals surface area contributed by atoms with Gasteiger partial charge in [-0.3, -0.25) is 9.67 Å². The lowest BCUT2D eigenvalue weighted by molar-refractivity contribution is 0.297. The van der Waals surface area contributed by atoms with Gasteiger partial charge in [-0.2, -0.15) is 5.10 Å². The van der Waals surface area contributed by atoms with E-state index < -0.39 is 0 Å². The van der Waals surface area contributed by atoms with Crippen LogP contribution >= 0.6 is 24.0 Å². The van der Waals surface area contributed by atoms with E-state index in [1.807, 2.05) is 29.8 Å². The number of guanidine groups is 1. The third kappa shape index (κ3) is 6.02. The van der Waals surface area contributed by atoms with Crippen molar-refractivity contribution in [3.8, 4) is 11.5 Å². The van der Waals surface area contributed by atoms with E-state index in [0.717, 1.165) is 54.8 Å². The number of rotatable bonds is 5. The third-order valence-corrected chi connectivity index (χ3v) is 4.18. The van der Waals surface area contributed by atoms with Gasteiger partial charge in [0.25, 0.3) is 0 Å². The van der Waals surface area contributed by atoms with Crippen LogP contribution in [0.25, 0.3) is 0 Å². The zero-order valence-electron chi connectivity index (χ0n) is 16.1. The SMILES string of the molecule is CN=C(NCCCn1nc(C)cc1C)Nc1ccc2c(c1)OCCCO2.I. The molecule has 0 aliphatic carbocycles. The number of benzene rings is 1. The van der Waals surface area contributed by atoms with Crippen molar-refractivity contribution in [1.29, 1.82) is 0 Å². The van der Waals surface area contributed by atoms with Crippen LogP contribution in [0.4, 0.5) is 5.69 Å². The quantitative estimate of drug-likeness (QED) is 0.294. The monoisotopic (exact) mass is 485 g/mol. The van der Waals surface area contributed by atoms with Gasteiger partial charge < -0.3 is 20.1 Å². The molecule has 3 rings (SSSR count). The van der Waals surface area contributed by atoms with Gasteiger partial charge in [-0.25, -0.2) is 0 Å². The van der Waals surface area contributed by atoms with Gasteiger partial charge in [-0.15, -0.1) is 24.0 Å². The standard InChI is InChI=1S/C19H27N5O2.HI/c1-14-12-15(2)24(23-14)9-4-8-21-19(20-3)22-16-6-7-17-18(13-16)26-11-5-10-25-17;/h6-7,12-13H,4-5,8-11H2,1-3H3,(H2,20,21,22);1H. The van der Waals surface area contributed by atoms with Gasteiger partial charge in [0.15, 0.2) is 17.5 Å². The molecular formula is C19H28IN5O2. The number of fused-ring (bicyclic) bond motifs is 1. The molecule has 2 aromatic rings. The van der Waals surface area contributed by atoms with Gasteiger partial charge in [0.2, 0.25) is 0 Å². The fraction of sp³-hybridized carbons (Fsp3) is 0.474. The molecule has 0 fully saturated rings. The number of aliphatic imine (C=N–C) groups is 1. The van der Waals surface area contributed by atoms with Crippen LogP contribution in [0.5, 0.6) is 11.5 Å². The lowest BCUT2D eigenvalue weighted by Crippen LogP contribution is -2.32. The molecule has 0 radical (unpaired) electrons. The van der Waals surface area contributed by atoms with E-state index in [1.54, 1.807) is 7.05 Å². The van der Waals surface area contributed by atoms with Gasteiger partial charge in [0.1, 0.15) is 0 Å². The van der Waals surface area contributed by atoms with Crippen LogP contribution in [0.3, 0.4) is 0 Å². The molecule has 27 heavy (non-hydrogen) atoms. The predicted octanol–water partition coefficient (Wildman–Crippen LogP) is 3.36. The van der Waals surface area contributed by atoms with Crippen LogP contribution < -0.4 is 20.1 Å². The molecule has 2 N–H and O–H groups in total. The summed E-state index contributed by atoms with van der Waals surface area (Å²) in [6.45, 7) is 7.16. The first-order chi connectivity index (χ1) is 12.7. The Bertz CT molecular complexity index is 775. The van der Waals surface area contributed by atoms with E-state index in [1.165, 1.54) is 5.69 Å². The van der Waals surface area contributed by atoms with Gasteiger partial charge >= 0.3 is 0 Å². The Morgan fingerprint density at radius 3 is 2.67 bits per heavy atom. The third-order valence-electron chi connectivity index (χ3n) is 4.18. The summed E-state index contributed by atoms with van der Waals surface area (Å²) in [6.07, 6.45) is 1.86. The largest absolute Gasteiger partial charge is 0.490 e. The molecule has 7 nitrogen and oxygen atoms in total. The van der Waals surface area contributed by atoms with Crippen LogP contribution in [-0.2, 0) is 6.54 Å². The molecule has 0 amide bonds. The van der Waals surface area contributed by atoms with E-state index in [0.29, 0.717) is 13.2 Å². The van der Waals surface area contributed by atoms with Crippen molar-refractivity contribution in [1.82, 2.24) is 15.1 Å². The Balaban J connectivity index is 0.00000261. The maximum atomic E-state index is 5.73. The molecule has 148 valence electrons. The summed E-state index contributed by atoms with van der Waals surface area (Å²) >= 11 is 0. The van der Waals surface area contributed by atoms with Crippen molar-refractivity contribution in [2.75, 3.05) is 32.1 Å². The van der Waals surface area contributed by atoms with Gasteiger partial charge in [0.05, 0.1) is 18.9 Å². The lowest BCUT2D eigenvalue weighted by atomic mass is 10.2. The maximum Gasteiger partial charge on any atom is 0.195 e. The normalized spacial score (nSPS) is 13.5. The van der Waals surface area contributed by atoms with Crippen molar-refractivity contribution in [2.45, 2.75) is 33.2 Å². The highest BCUT2D eigenvalue weighted by Gasteiger charge is 2.11. The van der Waals surface area contributed by atoms with Crippen molar-refractivity contribution in [3.05, 3.63) is 35.7 Å². The Morgan fingerprint density at radius 1 is 1.19 bits per heavy atom. The molecular weight excluding hydrogens is 457 g/mol. The van der Waals surface area contributed by atoms with Gasteiger partial charge in [-0.05, 0) is 38.5 Å². The summed E-state index contributed by atoms with van der Waals surface area (Å²) in [5, 5.41) is 11.1. The summed E-state index contributed by atoms with van der Waals surface area (Å²) < 4.78 is 13.4. The number of hydrogen-bond acceptors (Lipinski definition) is 4. The molecule has 1 aromatic carbocycles. The Morgan fingerprint density at radius 2 is 1.96 bits per heavy atom.